The normalized spacial score (nSPS) is 20.0. The van der Waals surface area contributed by atoms with Crippen LogP contribution in [0.3, 0.4) is 0 Å². The summed E-state index contributed by atoms with van der Waals surface area (Å²) < 4.78 is 28.7. The van der Waals surface area contributed by atoms with Crippen molar-refractivity contribution < 1.29 is 8.42 Å². The van der Waals surface area contributed by atoms with Gasteiger partial charge >= 0.3 is 0 Å². The fraction of sp³-hybridized carbons (Fsp3) is 0.600. The van der Waals surface area contributed by atoms with Crippen LogP contribution in [-0.4, -0.2) is 14.5 Å². The Morgan fingerprint density at radius 1 is 1.25 bits per heavy atom. The van der Waals surface area contributed by atoms with E-state index >= 15 is 0 Å². The molecule has 20 heavy (non-hydrogen) atoms. The Bertz CT molecular complexity index is 586. The predicted molar refractivity (Wildman–Crippen MR) is 85.2 cm³/mol. The molecule has 1 aromatic rings. The zero-order valence-electron chi connectivity index (χ0n) is 12.2. The first-order chi connectivity index (χ1) is 9.20. The van der Waals surface area contributed by atoms with Crippen molar-refractivity contribution in [3.63, 3.8) is 0 Å². The molecular weight excluding hydrogens is 338 g/mol. The Labute approximate surface area is 130 Å². The van der Waals surface area contributed by atoms with Crippen LogP contribution in [0.4, 0.5) is 0 Å². The molecule has 0 aromatic heterocycles. The molecule has 0 atom stereocenters. The van der Waals surface area contributed by atoms with Crippen LogP contribution in [0.25, 0.3) is 0 Å². The van der Waals surface area contributed by atoms with Crippen LogP contribution in [0.2, 0.25) is 0 Å². The van der Waals surface area contributed by atoms with Gasteiger partial charge in [-0.15, -0.1) is 0 Å². The topological polar surface area (TPSA) is 46.2 Å². The highest BCUT2D eigenvalue weighted by molar-refractivity contribution is 9.10. The minimum atomic E-state index is -3.43. The maximum Gasteiger partial charge on any atom is 0.241 e. The highest BCUT2D eigenvalue weighted by Gasteiger charge is 2.30. The lowest BCUT2D eigenvalue weighted by atomic mass is 9.76. The first kappa shape index (κ1) is 16.0. The third kappa shape index (κ3) is 3.83. The van der Waals surface area contributed by atoms with Gasteiger partial charge in [-0.25, -0.2) is 13.1 Å². The molecule has 2 rings (SSSR count). The van der Waals surface area contributed by atoms with Crippen LogP contribution in [-0.2, 0) is 10.0 Å². The quantitative estimate of drug-likeness (QED) is 0.886. The summed E-state index contributed by atoms with van der Waals surface area (Å²) in [5.74, 6) is 0. The smallest absolute Gasteiger partial charge is 0.208 e. The number of hydrogen-bond donors (Lipinski definition) is 1. The molecular formula is C15H22BrNO2S. The zero-order valence-corrected chi connectivity index (χ0v) is 14.6. The molecule has 0 aliphatic heterocycles. The molecule has 0 heterocycles. The van der Waals surface area contributed by atoms with Crippen molar-refractivity contribution in [3.8, 4) is 0 Å². The predicted octanol–water partition coefficient (Wildman–Crippen LogP) is 4.00. The van der Waals surface area contributed by atoms with Crippen LogP contribution in [0.5, 0.6) is 0 Å². The molecule has 0 bridgehead atoms. The van der Waals surface area contributed by atoms with Crippen molar-refractivity contribution in [1.29, 1.82) is 0 Å². The van der Waals surface area contributed by atoms with Crippen molar-refractivity contribution in [2.24, 2.45) is 5.41 Å². The van der Waals surface area contributed by atoms with Crippen molar-refractivity contribution in [2.75, 3.05) is 0 Å². The molecule has 1 aromatic carbocycles. The molecule has 1 N–H and O–H groups in total. The maximum atomic E-state index is 12.5. The lowest BCUT2D eigenvalue weighted by molar-refractivity contribution is 0.218. The van der Waals surface area contributed by atoms with Gasteiger partial charge in [0.25, 0.3) is 0 Å². The van der Waals surface area contributed by atoms with E-state index in [4.69, 9.17) is 0 Å². The Balaban J connectivity index is 2.14. The summed E-state index contributed by atoms with van der Waals surface area (Å²) in [5.41, 5.74) is 1.12. The number of sulfonamides is 1. The van der Waals surface area contributed by atoms with Crippen molar-refractivity contribution in [3.05, 3.63) is 28.2 Å². The van der Waals surface area contributed by atoms with Gasteiger partial charge in [0.05, 0.1) is 4.90 Å². The van der Waals surface area contributed by atoms with E-state index < -0.39 is 10.0 Å². The molecule has 0 saturated heterocycles. The SMILES string of the molecule is Cc1ccc(Br)cc1S(=O)(=O)NC1CCC(C)(C)CC1. The Morgan fingerprint density at radius 2 is 1.85 bits per heavy atom. The first-order valence-electron chi connectivity index (χ1n) is 6.98. The second-order valence-electron chi connectivity index (χ2n) is 6.47. The lowest BCUT2D eigenvalue weighted by Gasteiger charge is -2.34. The van der Waals surface area contributed by atoms with Gasteiger partial charge in [0.15, 0.2) is 0 Å². The molecule has 1 aliphatic rings. The van der Waals surface area contributed by atoms with Crippen LogP contribution in [0.1, 0.15) is 45.1 Å². The summed E-state index contributed by atoms with van der Waals surface area (Å²) in [6.07, 6.45) is 3.97. The summed E-state index contributed by atoms with van der Waals surface area (Å²) in [5, 5.41) is 0. The van der Waals surface area contributed by atoms with Crippen molar-refractivity contribution in [2.45, 2.75) is 57.4 Å². The number of halogens is 1. The van der Waals surface area contributed by atoms with E-state index in [9.17, 15) is 8.42 Å². The van der Waals surface area contributed by atoms with Gasteiger partial charge in [0, 0.05) is 10.5 Å². The van der Waals surface area contributed by atoms with Crippen LogP contribution < -0.4 is 4.72 Å². The summed E-state index contributed by atoms with van der Waals surface area (Å²) >= 11 is 3.34. The summed E-state index contributed by atoms with van der Waals surface area (Å²) in [4.78, 5) is 0.372. The fourth-order valence-corrected chi connectivity index (χ4v) is 4.75. The van der Waals surface area contributed by atoms with Crippen molar-refractivity contribution in [1.82, 2.24) is 4.72 Å². The third-order valence-corrected chi connectivity index (χ3v) is 6.26. The second kappa shape index (κ2) is 5.78. The van der Waals surface area contributed by atoms with Gasteiger partial charge in [-0.3, -0.25) is 0 Å². The molecule has 1 saturated carbocycles. The Morgan fingerprint density at radius 3 is 2.45 bits per heavy atom. The van der Waals surface area contributed by atoms with E-state index in [-0.39, 0.29) is 6.04 Å². The van der Waals surface area contributed by atoms with E-state index in [1.54, 1.807) is 6.07 Å². The van der Waals surface area contributed by atoms with Gasteiger partial charge in [0.1, 0.15) is 0 Å². The van der Waals surface area contributed by atoms with E-state index in [0.717, 1.165) is 35.7 Å². The van der Waals surface area contributed by atoms with Gasteiger partial charge in [-0.1, -0.05) is 35.8 Å². The van der Waals surface area contributed by atoms with Gasteiger partial charge in [-0.05, 0) is 55.7 Å². The van der Waals surface area contributed by atoms with Crippen LogP contribution >= 0.6 is 15.9 Å². The molecule has 1 fully saturated rings. The average molecular weight is 360 g/mol. The summed E-state index contributed by atoms with van der Waals surface area (Å²) in [6.45, 7) is 6.32. The maximum absolute atomic E-state index is 12.5. The fourth-order valence-electron chi connectivity index (χ4n) is 2.66. The average Bonchev–Trinajstić information content (AvgIpc) is 2.35. The summed E-state index contributed by atoms with van der Waals surface area (Å²) in [7, 11) is -3.43. The minimum absolute atomic E-state index is 0.0615. The molecule has 0 unspecified atom stereocenters. The third-order valence-electron chi connectivity index (χ3n) is 4.10. The van der Waals surface area contributed by atoms with Crippen LogP contribution in [0, 0.1) is 12.3 Å². The first-order valence-corrected chi connectivity index (χ1v) is 9.26. The molecule has 0 amide bonds. The lowest BCUT2D eigenvalue weighted by Crippen LogP contribution is -2.39. The van der Waals surface area contributed by atoms with Gasteiger partial charge in [0.2, 0.25) is 10.0 Å². The van der Waals surface area contributed by atoms with Crippen molar-refractivity contribution >= 4 is 26.0 Å². The largest absolute Gasteiger partial charge is 0.241 e. The van der Waals surface area contributed by atoms with Gasteiger partial charge in [-0.2, -0.15) is 0 Å². The molecule has 3 nitrogen and oxygen atoms in total. The van der Waals surface area contributed by atoms with E-state index in [2.05, 4.69) is 34.5 Å². The number of benzene rings is 1. The molecule has 0 spiro atoms. The van der Waals surface area contributed by atoms with E-state index in [1.807, 2.05) is 19.1 Å². The highest BCUT2D eigenvalue weighted by atomic mass is 79.9. The highest BCUT2D eigenvalue weighted by Crippen LogP contribution is 2.35. The van der Waals surface area contributed by atoms with Crippen LogP contribution in [0.15, 0.2) is 27.6 Å². The number of nitrogens with one attached hydrogen (secondary N) is 1. The number of rotatable bonds is 3. The molecule has 1 aliphatic carbocycles. The van der Waals surface area contributed by atoms with E-state index in [1.165, 1.54) is 0 Å². The van der Waals surface area contributed by atoms with Gasteiger partial charge < -0.3 is 0 Å². The number of aryl methyl sites for hydroxylation is 1. The Hall–Kier alpha value is -0.390. The molecule has 0 radical (unpaired) electrons. The molecule has 5 heteroatoms. The zero-order chi connectivity index (χ0) is 15.0. The minimum Gasteiger partial charge on any atom is -0.208 e. The van der Waals surface area contributed by atoms with E-state index in [0.29, 0.717) is 10.3 Å². The Kier molecular flexibility index (Phi) is 4.62. The standard InChI is InChI=1S/C15H22BrNO2S/c1-11-4-5-12(16)10-14(11)20(18,19)17-13-6-8-15(2,3)9-7-13/h4-5,10,13,17H,6-9H2,1-3H3. The number of hydrogen-bond acceptors (Lipinski definition) is 2. The molecule has 112 valence electrons. The second-order valence-corrected chi connectivity index (χ2v) is 9.07. The summed E-state index contributed by atoms with van der Waals surface area (Å²) in [6, 6.07) is 5.41. The monoisotopic (exact) mass is 359 g/mol.